The molecule has 0 aliphatic carbocycles. The Bertz CT molecular complexity index is 1060. The molecule has 3 aromatic rings. The van der Waals surface area contributed by atoms with Crippen LogP contribution in [-0.2, 0) is 0 Å². The van der Waals surface area contributed by atoms with Crippen LogP contribution in [0, 0.1) is 18.3 Å². The summed E-state index contributed by atoms with van der Waals surface area (Å²) in [6.07, 6.45) is 2.43. The van der Waals surface area contributed by atoms with Crippen LogP contribution in [0.5, 0.6) is 5.75 Å². The average molecular weight is 415 g/mol. The molecule has 29 heavy (non-hydrogen) atoms. The molecule has 1 aromatic carbocycles. The molecule has 6 nitrogen and oxygen atoms in total. The number of alkyl halides is 2. The second-order valence-electron chi connectivity index (χ2n) is 6.79. The van der Waals surface area contributed by atoms with Gasteiger partial charge in [0.05, 0.1) is 22.5 Å². The molecule has 0 amide bonds. The van der Waals surface area contributed by atoms with Gasteiger partial charge in [-0.25, -0.2) is 4.98 Å². The molecule has 4 rings (SSSR count). The van der Waals surface area contributed by atoms with Crippen molar-refractivity contribution in [1.82, 2.24) is 9.97 Å². The monoisotopic (exact) mass is 415 g/mol. The van der Waals surface area contributed by atoms with Crippen LogP contribution in [0.1, 0.15) is 17.7 Å². The van der Waals surface area contributed by atoms with Gasteiger partial charge in [0.25, 0.3) is 0 Å². The van der Waals surface area contributed by atoms with Crippen LogP contribution in [0.4, 0.5) is 19.6 Å². The van der Waals surface area contributed by atoms with Crippen LogP contribution in [0.2, 0.25) is 0 Å². The first-order valence-corrected chi connectivity index (χ1v) is 10.1. The Hall–Kier alpha value is -2.99. The van der Waals surface area contributed by atoms with Crippen LogP contribution in [-0.4, -0.2) is 42.8 Å². The molecule has 1 fully saturated rings. The number of halogens is 2. The van der Waals surface area contributed by atoms with E-state index in [1.54, 1.807) is 17.4 Å². The van der Waals surface area contributed by atoms with Crippen LogP contribution >= 0.6 is 11.3 Å². The lowest BCUT2D eigenvalue weighted by Gasteiger charge is -2.25. The number of rotatable bonds is 4. The number of nitrogens with zero attached hydrogens (tertiary/aromatic N) is 5. The van der Waals surface area contributed by atoms with E-state index in [0.717, 1.165) is 42.6 Å². The summed E-state index contributed by atoms with van der Waals surface area (Å²) in [6, 6.07) is 6.84. The van der Waals surface area contributed by atoms with E-state index < -0.39 is 6.61 Å². The second kappa shape index (κ2) is 8.17. The molecule has 3 heterocycles. The number of aryl methyl sites for hydroxylation is 1. The fraction of sp³-hybridized carbons (Fsp3) is 0.350. The average Bonchev–Trinajstić information content (AvgIpc) is 2.99. The van der Waals surface area contributed by atoms with E-state index in [2.05, 4.69) is 30.6 Å². The Labute approximate surface area is 171 Å². The fourth-order valence-electron chi connectivity index (χ4n) is 3.58. The highest BCUT2D eigenvalue weighted by atomic mass is 32.1. The van der Waals surface area contributed by atoms with Gasteiger partial charge in [0, 0.05) is 43.1 Å². The number of benzene rings is 1. The van der Waals surface area contributed by atoms with Crippen molar-refractivity contribution in [3.63, 3.8) is 0 Å². The molecule has 0 saturated carbocycles. The first kappa shape index (κ1) is 19.3. The number of aromatic nitrogens is 2. The summed E-state index contributed by atoms with van der Waals surface area (Å²) in [7, 11) is 0. The Morgan fingerprint density at radius 1 is 1.21 bits per heavy atom. The predicted molar refractivity (Wildman–Crippen MR) is 109 cm³/mol. The summed E-state index contributed by atoms with van der Waals surface area (Å²) >= 11 is 1.63. The van der Waals surface area contributed by atoms with Crippen molar-refractivity contribution in [3.8, 4) is 11.8 Å². The highest BCUT2D eigenvalue weighted by Crippen LogP contribution is 2.33. The number of ether oxygens (including phenoxy) is 1. The zero-order chi connectivity index (χ0) is 20.4. The Morgan fingerprint density at radius 3 is 2.72 bits per heavy atom. The third-order valence-corrected chi connectivity index (χ3v) is 5.87. The number of pyridine rings is 1. The summed E-state index contributed by atoms with van der Waals surface area (Å²) in [5.41, 5.74) is 2.78. The standard InChI is InChI=1S/C20H19F2N5OS/c1-13-12-29-20(25-13)27-6-2-5-26(7-8-27)18-14(10-23)11-24-17-4-3-15(9-16(17)18)28-19(21)22/h3-4,9,11-12,19H,2,5-8H2,1H3. The minimum absolute atomic E-state index is 0.0559. The Morgan fingerprint density at radius 2 is 2.00 bits per heavy atom. The third-order valence-electron chi connectivity index (χ3n) is 4.85. The minimum atomic E-state index is -2.91. The quantitative estimate of drug-likeness (QED) is 0.637. The van der Waals surface area contributed by atoms with Gasteiger partial charge in [-0.05, 0) is 31.5 Å². The molecule has 0 bridgehead atoms. The summed E-state index contributed by atoms with van der Waals surface area (Å²) in [4.78, 5) is 13.3. The van der Waals surface area contributed by atoms with Crippen LogP contribution < -0.4 is 14.5 Å². The molecule has 1 aliphatic rings. The molecular formula is C20H19F2N5OS. The molecule has 0 atom stereocenters. The van der Waals surface area contributed by atoms with E-state index >= 15 is 0 Å². The maximum absolute atomic E-state index is 12.7. The van der Waals surface area contributed by atoms with Gasteiger partial charge in [-0.1, -0.05) is 0 Å². The predicted octanol–water partition coefficient (Wildman–Crippen LogP) is 4.19. The maximum Gasteiger partial charge on any atom is 0.387 e. The maximum atomic E-state index is 12.7. The first-order chi connectivity index (χ1) is 14.0. The van der Waals surface area contributed by atoms with Crippen molar-refractivity contribution in [2.45, 2.75) is 20.0 Å². The van der Waals surface area contributed by atoms with Gasteiger partial charge in [-0.3, -0.25) is 4.98 Å². The van der Waals surface area contributed by atoms with Gasteiger partial charge >= 0.3 is 6.61 Å². The minimum Gasteiger partial charge on any atom is -0.435 e. The van der Waals surface area contributed by atoms with Gasteiger partial charge in [0.15, 0.2) is 5.13 Å². The number of thiazole rings is 1. The van der Waals surface area contributed by atoms with Gasteiger partial charge in [-0.15, -0.1) is 11.3 Å². The Kier molecular flexibility index (Phi) is 5.45. The lowest BCUT2D eigenvalue weighted by Crippen LogP contribution is -2.31. The van der Waals surface area contributed by atoms with Crippen molar-refractivity contribution in [2.24, 2.45) is 0 Å². The molecule has 0 unspecified atom stereocenters. The molecule has 150 valence electrons. The molecule has 0 spiro atoms. The van der Waals surface area contributed by atoms with Gasteiger partial charge in [0.1, 0.15) is 11.8 Å². The highest BCUT2D eigenvalue weighted by molar-refractivity contribution is 7.13. The summed E-state index contributed by atoms with van der Waals surface area (Å²) < 4.78 is 29.9. The van der Waals surface area contributed by atoms with E-state index in [4.69, 9.17) is 0 Å². The molecule has 0 radical (unpaired) electrons. The SMILES string of the molecule is Cc1csc(N2CCCN(c3c(C#N)cnc4ccc(OC(F)F)cc34)CC2)n1. The van der Waals surface area contributed by atoms with Crippen LogP contribution in [0.3, 0.4) is 0 Å². The summed E-state index contributed by atoms with van der Waals surface area (Å²) in [5.74, 6) is 0.0559. The lowest BCUT2D eigenvalue weighted by atomic mass is 10.1. The number of anilines is 2. The number of hydrogen-bond donors (Lipinski definition) is 0. The van der Waals surface area contributed by atoms with E-state index in [0.29, 0.717) is 23.0 Å². The third kappa shape index (κ3) is 4.07. The van der Waals surface area contributed by atoms with E-state index in [1.165, 1.54) is 18.3 Å². The van der Waals surface area contributed by atoms with Crippen molar-refractivity contribution < 1.29 is 13.5 Å². The van der Waals surface area contributed by atoms with Gasteiger partial charge in [0.2, 0.25) is 0 Å². The molecule has 1 saturated heterocycles. The molecule has 1 aliphatic heterocycles. The van der Waals surface area contributed by atoms with Crippen LogP contribution in [0.15, 0.2) is 29.8 Å². The van der Waals surface area contributed by atoms with Crippen molar-refractivity contribution in [1.29, 1.82) is 5.26 Å². The van der Waals surface area contributed by atoms with Crippen molar-refractivity contribution >= 4 is 33.1 Å². The first-order valence-electron chi connectivity index (χ1n) is 9.25. The normalized spacial score (nSPS) is 14.9. The molecule has 2 aromatic heterocycles. The topological polar surface area (TPSA) is 65.3 Å². The van der Waals surface area contributed by atoms with Crippen LogP contribution in [0.25, 0.3) is 10.9 Å². The Balaban J connectivity index is 1.69. The molecular weight excluding hydrogens is 396 g/mol. The summed E-state index contributed by atoms with van der Waals surface area (Å²) in [6.45, 7) is 2.13. The van der Waals surface area contributed by atoms with Crippen molar-refractivity contribution in [2.75, 3.05) is 36.0 Å². The van der Waals surface area contributed by atoms with Crippen molar-refractivity contribution in [3.05, 3.63) is 41.0 Å². The second-order valence-corrected chi connectivity index (χ2v) is 7.63. The molecule has 9 heteroatoms. The lowest BCUT2D eigenvalue weighted by molar-refractivity contribution is -0.0497. The van der Waals surface area contributed by atoms with Gasteiger partial charge < -0.3 is 14.5 Å². The zero-order valence-corrected chi connectivity index (χ0v) is 16.6. The van der Waals surface area contributed by atoms with E-state index in [1.807, 2.05) is 12.3 Å². The fourth-order valence-corrected chi connectivity index (χ4v) is 4.43. The number of fused-ring (bicyclic) bond motifs is 1. The largest absolute Gasteiger partial charge is 0.435 e. The van der Waals surface area contributed by atoms with E-state index in [-0.39, 0.29) is 5.75 Å². The zero-order valence-electron chi connectivity index (χ0n) is 15.8. The summed E-state index contributed by atoms with van der Waals surface area (Å²) in [5, 5.41) is 13.3. The van der Waals surface area contributed by atoms with Gasteiger partial charge in [-0.2, -0.15) is 14.0 Å². The number of nitriles is 1. The number of hydrogen-bond acceptors (Lipinski definition) is 7. The molecule has 0 N–H and O–H groups in total. The smallest absolute Gasteiger partial charge is 0.387 e. The van der Waals surface area contributed by atoms with E-state index in [9.17, 15) is 14.0 Å². The highest BCUT2D eigenvalue weighted by Gasteiger charge is 2.22.